The molecule has 1 aliphatic heterocycles. The number of piperidine rings is 1. The number of hydrogen-bond acceptors (Lipinski definition) is 3. The Hall–Kier alpha value is -0.610. The zero-order valence-corrected chi connectivity index (χ0v) is 8.96. The lowest BCUT2D eigenvalue weighted by molar-refractivity contribution is -0.119. The maximum atomic E-state index is 10.7. The molecule has 1 unspecified atom stereocenters. The maximum absolute atomic E-state index is 10.7. The van der Waals surface area contributed by atoms with E-state index in [1.54, 1.807) is 6.92 Å². The van der Waals surface area contributed by atoms with Gasteiger partial charge >= 0.3 is 0 Å². The van der Waals surface area contributed by atoms with Crippen LogP contribution >= 0.6 is 0 Å². The van der Waals surface area contributed by atoms with E-state index in [0.717, 1.165) is 32.7 Å². The summed E-state index contributed by atoms with van der Waals surface area (Å²) in [5.41, 5.74) is 5.52. The lowest BCUT2D eigenvalue weighted by Crippen LogP contribution is -2.42. The van der Waals surface area contributed by atoms with E-state index in [1.807, 2.05) is 0 Å². The van der Waals surface area contributed by atoms with Crippen LogP contribution in [-0.2, 0) is 4.79 Å². The fourth-order valence-corrected chi connectivity index (χ4v) is 1.99. The number of likely N-dealkylation sites (tertiary alicyclic amines) is 1. The molecule has 0 bridgehead atoms. The zero-order chi connectivity index (χ0) is 10.4. The molecule has 1 fully saturated rings. The second kappa shape index (κ2) is 5.98. The molecule has 3 N–H and O–H groups in total. The molecule has 82 valence electrons. The van der Waals surface area contributed by atoms with Gasteiger partial charge in [0.05, 0.1) is 0 Å². The second-order valence-electron chi connectivity index (χ2n) is 4.03. The number of nitrogens with one attached hydrogen (secondary N) is 1. The van der Waals surface area contributed by atoms with E-state index in [-0.39, 0.29) is 5.91 Å². The van der Waals surface area contributed by atoms with Gasteiger partial charge in [-0.05, 0) is 25.3 Å². The predicted octanol–water partition coefficient (Wildman–Crippen LogP) is -0.207. The molecule has 0 aliphatic carbocycles. The van der Waals surface area contributed by atoms with Crippen molar-refractivity contribution in [1.82, 2.24) is 10.2 Å². The molecule has 0 spiro atoms. The molecule has 0 aromatic carbocycles. The molecule has 0 saturated carbocycles. The van der Waals surface area contributed by atoms with E-state index in [2.05, 4.69) is 10.2 Å². The summed E-state index contributed by atoms with van der Waals surface area (Å²) in [5, 5.41) is 2.88. The first-order valence-electron chi connectivity index (χ1n) is 5.39. The van der Waals surface area contributed by atoms with Gasteiger partial charge in [0.25, 0.3) is 0 Å². The number of carbonyl (C=O) groups is 1. The molecule has 0 radical (unpaired) electrons. The first kappa shape index (κ1) is 11.5. The molecule has 0 aromatic rings. The van der Waals surface area contributed by atoms with Crippen molar-refractivity contribution in [2.45, 2.75) is 19.8 Å². The van der Waals surface area contributed by atoms with Crippen LogP contribution in [-0.4, -0.2) is 43.5 Å². The van der Waals surface area contributed by atoms with Crippen LogP contribution in [0, 0.1) is 5.92 Å². The Morgan fingerprint density at radius 2 is 2.43 bits per heavy atom. The van der Waals surface area contributed by atoms with Crippen molar-refractivity contribution in [1.29, 1.82) is 0 Å². The highest BCUT2D eigenvalue weighted by Crippen LogP contribution is 2.14. The molecule has 1 atom stereocenters. The summed E-state index contributed by atoms with van der Waals surface area (Å²) < 4.78 is 0. The molecule has 1 aliphatic rings. The van der Waals surface area contributed by atoms with Gasteiger partial charge in [0, 0.05) is 33.1 Å². The van der Waals surface area contributed by atoms with E-state index in [1.165, 1.54) is 12.8 Å². The van der Waals surface area contributed by atoms with Crippen LogP contribution in [0.5, 0.6) is 0 Å². The van der Waals surface area contributed by atoms with Crippen LogP contribution < -0.4 is 11.1 Å². The van der Waals surface area contributed by atoms with E-state index in [9.17, 15) is 4.79 Å². The Morgan fingerprint density at radius 1 is 1.64 bits per heavy atom. The molecule has 1 amide bonds. The van der Waals surface area contributed by atoms with Crippen LogP contribution in [0.15, 0.2) is 0 Å². The third-order valence-electron chi connectivity index (χ3n) is 2.69. The number of hydrogen-bond donors (Lipinski definition) is 2. The molecule has 1 heterocycles. The van der Waals surface area contributed by atoms with Gasteiger partial charge < -0.3 is 16.0 Å². The first-order chi connectivity index (χ1) is 6.72. The third-order valence-corrected chi connectivity index (χ3v) is 2.69. The van der Waals surface area contributed by atoms with Gasteiger partial charge in [-0.1, -0.05) is 0 Å². The van der Waals surface area contributed by atoms with Crippen LogP contribution in [0.25, 0.3) is 0 Å². The Morgan fingerprint density at radius 3 is 3.07 bits per heavy atom. The summed E-state index contributed by atoms with van der Waals surface area (Å²) in [6, 6.07) is 0. The Balaban J connectivity index is 2.21. The summed E-state index contributed by atoms with van der Waals surface area (Å²) in [6.07, 6.45) is 2.45. The van der Waals surface area contributed by atoms with E-state index >= 15 is 0 Å². The minimum absolute atomic E-state index is 0.0703. The Labute approximate surface area is 85.8 Å². The average molecular weight is 199 g/mol. The molecule has 14 heavy (non-hydrogen) atoms. The van der Waals surface area contributed by atoms with Gasteiger partial charge in [-0.3, -0.25) is 4.79 Å². The third kappa shape index (κ3) is 4.07. The molecule has 4 nitrogen and oxygen atoms in total. The Kier molecular flexibility index (Phi) is 4.90. The fraction of sp³-hybridized carbons (Fsp3) is 0.900. The highest BCUT2D eigenvalue weighted by molar-refractivity contribution is 5.72. The highest BCUT2D eigenvalue weighted by Gasteiger charge is 2.18. The van der Waals surface area contributed by atoms with Crippen LogP contribution in [0.3, 0.4) is 0 Å². The van der Waals surface area contributed by atoms with E-state index in [4.69, 9.17) is 5.73 Å². The number of amides is 1. The minimum Gasteiger partial charge on any atom is -0.356 e. The molecule has 1 saturated heterocycles. The topological polar surface area (TPSA) is 58.4 Å². The van der Waals surface area contributed by atoms with Crippen LogP contribution in [0.2, 0.25) is 0 Å². The molecular weight excluding hydrogens is 178 g/mol. The van der Waals surface area contributed by atoms with Crippen molar-refractivity contribution in [2.75, 3.05) is 32.7 Å². The van der Waals surface area contributed by atoms with Gasteiger partial charge in [-0.2, -0.15) is 0 Å². The lowest BCUT2D eigenvalue weighted by Gasteiger charge is -2.32. The highest BCUT2D eigenvalue weighted by atomic mass is 16.1. The van der Waals surface area contributed by atoms with Crippen molar-refractivity contribution in [2.24, 2.45) is 11.7 Å². The molecule has 4 heteroatoms. The predicted molar refractivity (Wildman–Crippen MR) is 56.9 cm³/mol. The largest absolute Gasteiger partial charge is 0.356 e. The second-order valence-corrected chi connectivity index (χ2v) is 4.03. The van der Waals surface area contributed by atoms with Gasteiger partial charge in [-0.25, -0.2) is 0 Å². The van der Waals surface area contributed by atoms with Gasteiger partial charge in [0.2, 0.25) is 5.91 Å². The monoisotopic (exact) mass is 199 g/mol. The summed E-state index contributed by atoms with van der Waals surface area (Å²) in [7, 11) is 0. The maximum Gasteiger partial charge on any atom is 0.216 e. The van der Waals surface area contributed by atoms with Crippen molar-refractivity contribution in [3.05, 3.63) is 0 Å². The first-order valence-corrected chi connectivity index (χ1v) is 5.39. The number of carbonyl (C=O) groups excluding carboxylic acids is 1. The normalized spacial score (nSPS) is 23.4. The molecule has 1 rings (SSSR count). The van der Waals surface area contributed by atoms with E-state index < -0.39 is 0 Å². The number of rotatable bonds is 4. The Bertz CT molecular complexity index is 182. The summed E-state index contributed by atoms with van der Waals surface area (Å²) >= 11 is 0. The van der Waals surface area contributed by atoms with Crippen molar-refractivity contribution >= 4 is 5.91 Å². The lowest BCUT2D eigenvalue weighted by atomic mass is 9.98. The number of nitrogens with zero attached hydrogens (tertiary/aromatic N) is 1. The van der Waals surface area contributed by atoms with E-state index in [0.29, 0.717) is 5.92 Å². The smallest absolute Gasteiger partial charge is 0.216 e. The average Bonchev–Trinajstić information content (AvgIpc) is 2.16. The van der Waals surface area contributed by atoms with Crippen molar-refractivity contribution in [3.63, 3.8) is 0 Å². The minimum atomic E-state index is 0.0703. The van der Waals surface area contributed by atoms with Gasteiger partial charge in [0.1, 0.15) is 0 Å². The number of nitrogens with two attached hydrogens (primary N) is 1. The van der Waals surface area contributed by atoms with Gasteiger partial charge in [0.15, 0.2) is 0 Å². The molecule has 0 aromatic heterocycles. The van der Waals surface area contributed by atoms with Gasteiger partial charge in [-0.15, -0.1) is 0 Å². The molecular formula is C10H21N3O. The van der Waals surface area contributed by atoms with Crippen molar-refractivity contribution in [3.8, 4) is 0 Å². The summed E-state index contributed by atoms with van der Waals surface area (Å²) in [5.74, 6) is 0.681. The SMILES string of the molecule is CC(=O)NCC1CCCN(CCN)C1. The van der Waals surface area contributed by atoms with Crippen molar-refractivity contribution < 1.29 is 4.79 Å². The fourth-order valence-electron chi connectivity index (χ4n) is 1.99. The van der Waals surface area contributed by atoms with Crippen LogP contribution in [0.1, 0.15) is 19.8 Å². The quantitative estimate of drug-likeness (QED) is 0.659. The summed E-state index contributed by atoms with van der Waals surface area (Å²) in [4.78, 5) is 13.1. The van der Waals surface area contributed by atoms with Crippen LogP contribution in [0.4, 0.5) is 0 Å². The summed E-state index contributed by atoms with van der Waals surface area (Å²) in [6.45, 7) is 6.34. The zero-order valence-electron chi connectivity index (χ0n) is 8.96. The standard InChI is InChI=1S/C10H21N3O/c1-9(14)12-7-10-3-2-5-13(8-10)6-4-11/h10H,2-8,11H2,1H3,(H,12,14).